The van der Waals surface area contributed by atoms with Gasteiger partial charge in [-0.15, -0.1) is 0 Å². The molecular weight excluding hydrogens is 500 g/mol. The quantitative estimate of drug-likeness (QED) is 0.298. The van der Waals surface area contributed by atoms with Crippen LogP contribution in [0.25, 0.3) is 0 Å². The molecule has 0 aliphatic carbocycles. The monoisotopic (exact) mass is 526 g/mol. The molecule has 32 heavy (non-hydrogen) atoms. The van der Waals surface area contributed by atoms with Gasteiger partial charge in [-0.1, -0.05) is 42.1 Å². The highest BCUT2D eigenvalue weighted by atomic mass is 79.9. The third-order valence-corrected chi connectivity index (χ3v) is 6.58. The molecule has 1 aliphatic rings. The van der Waals surface area contributed by atoms with E-state index in [0.29, 0.717) is 11.5 Å². The van der Waals surface area contributed by atoms with Gasteiger partial charge < -0.3 is 29.4 Å². The highest BCUT2D eigenvalue weighted by Crippen LogP contribution is 2.35. The van der Waals surface area contributed by atoms with Gasteiger partial charge in [0.1, 0.15) is 17.6 Å². The van der Waals surface area contributed by atoms with E-state index in [4.69, 9.17) is 29.4 Å². The van der Waals surface area contributed by atoms with Crippen molar-refractivity contribution in [2.45, 2.75) is 41.9 Å². The van der Waals surface area contributed by atoms with Crippen LogP contribution in [-0.2, 0) is 23.7 Å². The number of nitrogens with two attached hydrogens (primary N) is 1. The molecule has 0 saturated carbocycles. The molecule has 3 unspecified atom stereocenters. The highest BCUT2D eigenvalue weighted by molar-refractivity contribution is 9.10. The number of rotatable bonds is 9. The normalized spacial score (nSPS) is 22.8. The predicted molar refractivity (Wildman–Crippen MR) is 123 cm³/mol. The fourth-order valence-electron chi connectivity index (χ4n) is 3.14. The van der Waals surface area contributed by atoms with E-state index in [2.05, 4.69) is 20.9 Å². The largest absolute Gasteiger partial charge is 0.464 e. The summed E-state index contributed by atoms with van der Waals surface area (Å²) in [6.07, 6.45) is 0.0392. The number of hydrogen-bond donors (Lipinski definition) is 1. The summed E-state index contributed by atoms with van der Waals surface area (Å²) in [6, 6.07) is 11.5. The summed E-state index contributed by atoms with van der Waals surface area (Å²) in [6.45, 7) is 2.49. The maximum atomic E-state index is 12.2. The summed E-state index contributed by atoms with van der Waals surface area (Å²) in [5.41, 5.74) is 6.53. The first-order chi connectivity index (χ1) is 15.5. The van der Waals surface area contributed by atoms with Crippen molar-refractivity contribution in [3.63, 3.8) is 0 Å². The molecule has 174 valence electrons. The number of carbonyl (C=O) groups excluding carboxylic acids is 1. The minimum Gasteiger partial charge on any atom is -0.464 e. The smallest absolute Gasteiger partial charge is 0.357 e. The summed E-state index contributed by atoms with van der Waals surface area (Å²) in [4.78, 5) is 17.0. The summed E-state index contributed by atoms with van der Waals surface area (Å²) >= 11 is 4.69. The first kappa shape index (κ1) is 25.1. The number of aromatic nitrogens is 1. The molecule has 0 bridgehead atoms. The van der Waals surface area contributed by atoms with Crippen LogP contribution in [0.3, 0.4) is 0 Å². The zero-order chi connectivity index (χ0) is 23.1. The Labute approximate surface area is 200 Å². The molecule has 1 aromatic carbocycles. The Kier molecular flexibility index (Phi) is 9.47. The van der Waals surface area contributed by atoms with Crippen molar-refractivity contribution in [3.8, 4) is 0 Å². The number of methoxy groups -OCH3 is 2. The summed E-state index contributed by atoms with van der Waals surface area (Å²) in [5, 5.41) is 0. The minimum atomic E-state index is -0.544. The van der Waals surface area contributed by atoms with Crippen LogP contribution in [0.15, 0.2) is 52.0 Å². The van der Waals surface area contributed by atoms with Gasteiger partial charge in [0, 0.05) is 34.8 Å². The van der Waals surface area contributed by atoms with Crippen LogP contribution in [0.1, 0.15) is 29.3 Å². The van der Waals surface area contributed by atoms with Crippen molar-refractivity contribution in [1.82, 2.24) is 4.98 Å². The molecule has 0 radical (unpaired) electrons. The Morgan fingerprint density at radius 1 is 1.34 bits per heavy atom. The molecular formula is C22H27BrN2O6S. The van der Waals surface area contributed by atoms with Gasteiger partial charge in [0.15, 0.2) is 12.0 Å². The average Bonchev–Trinajstić information content (AvgIpc) is 2.81. The zero-order valence-corrected chi connectivity index (χ0v) is 20.5. The number of esters is 1. The van der Waals surface area contributed by atoms with Crippen molar-refractivity contribution in [1.29, 1.82) is 0 Å². The van der Waals surface area contributed by atoms with Crippen molar-refractivity contribution in [3.05, 3.63) is 58.3 Å². The number of thioether (sulfide) groups is 1. The van der Waals surface area contributed by atoms with Crippen molar-refractivity contribution in [2.24, 2.45) is 5.73 Å². The van der Waals surface area contributed by atoms with Crippen LogP contribution >= 0.6 is 27.7 Å². The molecule has 3 rings (SSSR count). The number of carbonyl (C=O) groups is 1. The summed E-state index contributed by atoms with van der Waals surface area (Å²) in [7, 11) is 2.88. The van der Waals surface area contributed by atoms with E-state index in [9.17, 15) is 4.79 Å². The first-order valence-electron chi connectivity index (χ1n) is 10.1. The van der Waals surface area contributed by atoms with E-state index in [1.807, 2.05) is 37.3 Å². The third-order valence-electron chi connectivity index (χ3n) is 4.93. The molecule has 2 N–H and O–H groups in total. The van der Waals surface area contributed by atoms with E-state index in [1.165, 1.54) is 25.1 Å². The Morgan fingerprint density at radius 3 is 2.72 bits per heavy atom. The topological polar surface area (TPSA) is 102 Å². The van der Waals surface area contributed by atoms with E-state index in [-0.39, 0.29) is 24.4 Å². The van der Waals surface area contributed by atoms with E-state index in [0.717, 1.165) is 10.0 Å². The molecule has 2 aromatic rings. The molecule has 1 fully saturated rings. The molecule has 2 heterocycles. The maximum absolute atomic E-state index is 12.2. The Balaban J connectivity index is 1.76. The second-order valence-corrected chi connectivity index (χ2v) is 9.14. The number of hydrogen-bond acceptors (Lipinski definition) is 9. The maximum Gasteiger partial charge on any atom is 0.357 e. The lowest BCUT2D eigenvalue weighted by atomic mass is 10.1. The van der Waals surface area contributed by atoms with Crippen molar-refractivity contribution >= 4 is 33.7 Å². The Morgan fingerprint density at radius 2 is 2.09 bits per heavy atom. The summed E-state index contributed by atoms with van der Waals surface area (Å²) < 4.78 is 29.5. The fourth-order valence-corrected chi connectivity index (χ4v) is 4.89. The average molecular weight is 527 g/mol. The van der Waals surface area contributed by atoms with Crippen LogP contribution in [-0.4, -0.2) is 62.1 Å². The second kappa shape index (κ2) is 12.1. The molecule has 0 amide bonds. The SMILES string of the molecule is COC(=O)c1ncc(Br)cc1SC(OC1COC(c2ccccc2)O[C@@H]1C)[C@H](CN)OC. The molecule has 1 aliphatic heterocycles. The van der Waals surface area contributed by atoms with Crippen LogP contribution in [0.5, 0.6) is 0 Å². The van der Waals surface area contributed by atoms with Gasteiger partial charge in [0.25, 0.3) is 0 Å². The van der Waals surface area contributed by atoms with E-state index >= 15 is 0 Å². The minimum absolute atomic E-state index is 0.189. The number of nitrogens with zero attached hydrogens (tertiary/aromatic N) is 1. The Bertz CT molecular complexity index is 886. The van der Waals surface area contributed by atoms with Crippen LogP contribution in [0.4, 0.5) is 0 Å². The van der Waals surface area contributed by atoms with Gasteiger partial charge in [-0.05, 0) is 28.9 Å². The van der Waals surface area contributed by atoms with Gasteiger partial charge in [0.2, 0.25) is 0 Å². The number of benzene rings is 1. The fraction of sp³-hybridized carbons (Fsp3) is 0.455. The van der Waals surface area contributed by atoms with Crippen LogP contribution < -0.4 is 5.73 Å². The van der Waals surface area contributed by atoms with E-state index in [1.54, 1.807) is 13.2 Å². The van der Waals surface area contributed by atoms with Crippen molar-refractivity contribution in [2.75, 3.05) is 27.4 Å². The first-order valence-corrected chi connectivity index (χ1v) is 11.7. The number of pyridine rings is 1. The lowest BCUT2D eigenvalue weighted by molar-refractivity contribution is -0.266. The van der Waals surface area contributed by atoms with Crippen molar-refractivity contribution < 1.29 is 28.5 Å². The standard InChI is InChI=1S/C22H27BrN2O6S/c1-13-17(12-29-21(30-13)14-7-5-4-6-8-14)31-22(16(10-24)27-2)32-18-9-15(23)11-25-19(18)20(26)28-3/h4-9,11,13,16-17,21-22H,10,12,24H2,1-3H3/t13-,16+,17?,21?,22?/m1/s1. The molecule has 10 heteroatoms. The molecule has 1 saturated heterocycles. The van der Waals surface area contributed by atoms with Gasteiger partial charge >= 0.3 is 5.97 Å². The lowest BCUT2D eigenvalue weighted by Crippen LogP contribution is -2.45. The lowest BCUT2D eigenvalue weighted by Gasteiger charge is -2.37. The van der Waals surface area contributed by atoms with Gasteiger partial charge in [0.05, 0.1) is 19.8 Å². The molecule has 5 atom stereocenters. The molecule has 0 spiro atoms. The van der Waals surface area contributed by atoms with Crippen LogP contribution in [0, 0.1) is 0 Å². The second-order valence-electron chi connectivity index (χ2n) is 7.08. The zero-order valence-electron chi connectivity index (χ0n) is 18.1. The van der Waals surface area contributed by atoms with Gasteiger partial charge in [-0.25, -0.2) is 9.78 Å². The molecule has 1 aromatic heterocycles. The number of halogens is 1. The van der Waals surface area contributed by atoms with Crippen LogP contribution in [0.2, 0.25) is 0 Å². The highest BCUT2D eigenvalue weighted by Gasteiger charge is 2.35. The summed E-state index contributed by atoms with van der Waals surface area (Å²) in [5.74, 6) is -0.538. The predicted octanol–water partition coefficient (Wildman–Crippen LogP) is 3.54. The number of ether oxygens (including phenoxy) is 5. The van der Waals surface area contributed by atoms with E-state index < -0.39 is 23.8 Å². The molecule has 8 nitrogen and oxygen atoms in total. The third kappa shape index (κ3) is 6.28. The van der Waals surface area contributed by atoms with Gasteiger partial charge in [-0.2, -0.15) is 0 Å². The van der Waals surface area contributed by atoms with Gasteiger partial charge in [-0.3, -0.25) is 0 Å². The Hall–Kier alpha value is -1.53.